The van der Waals surface area contributed by atoms with Gasteiger partial charge in [0.15, 0.2) is 0 Å². The molecular weight excluding hydrogens is 388 g/mol. The molecule has 32 heavy (non-hydrogen) atoms. The highest BCUT2D eigenvalue weighted by Gasteiger charge is 2.63. The molecule has 1 nitrogen and oxygen atoms in total. The standard InChI is InChI=1S/C31H52O/c1-20(2)21(3)10-11-22(4)23-14-18-31(9)25-12-13-26-28(5,6)27(32)16-17-29(26,7)24(25)15-19-30(23,31)8/h22-23,26-27,32H,10-19H2,1-9H3/t22-,23-,26-,27-,29+,30-,31+/m0/s1. The zero-order valence-corrected chi connectivity index (χ0v) is 22.8. The molecule has 1 heteroatoms. The fraction of sp³-hybridized carbons (Fsp3) is 0.871. The highest BCUT2D eigenvalue weighted by atomic mass is 16.3. The van der Waals surface area contributed by atoms with Crippen LogP contribution in [-0.2, 0) is 0 Å². The minimum atomic E-state index is -0.131. The van der Waals surface area contributed by atoms with Crippen LogP contribution in [0.4, 0.5) is 0 Å². The van der Waals surface area contributed by atoms with E-state index in [1.807, 2.05) is 11.1 Å². The molecule has 0 saturated heterocycles. The molecule has 0 bridgehead atoms. The third-order valence-corrected chi connectivity index (χ3v) is 12.3. The molecule has 0 heterocycles. The van der Waals surface area contributed by atoms with E-state index in [9.17, 15) is 5.11 Å². The Bertz CT molecular complexity index is 810. The third-order valence-electron chi connectivity index (χ3n) is 12.3. The van der Waals surface area contributed by atoms with Gasteiger partial charge in [-0.1, -0.05) is 63.8 Å². The second-order valence-corrected chi connectivity index (χ2v) is 14.0. The van der Waals surface area contributed by atoms with E-state index in [0.717, 1.165) is 18.3 Å². The van der Waals surface area contributed by atoms with Gasteiger partial charge in [0.1, 0.15) is 0 Å². The number of allylic oxidation sites excluding steroid dienone is 4. The van der Waals surface area contributed by atoms with Crippen LogP contribution in [0.5, 0.6) is 0 Å². The number of rotatable bonds is 4. The molecule has 0 aromatic carbocycles. The molecule has 182 valence electrons. The van der Waals surface area contributed by atoms with Crippen LogP contribution in [-0.4, -0.2) is 11.2 Å². The monoisotopic (exact) mass is 440 g/mol. The van der Waals surface area contributed by atoms with Gasteiger partial charge < -0.3 is 5.11 Å². The van der Waals surface area contributed by atoms with Gasteiger partial charge >= 0.3 is 0 Å². The zero-order valence-electron chi connectivity index (χ0n) is 22.8. The quantitative estimate of drug-likeness (QED) is 0.433. The molecule has 0 aliphatic heterocycles. The predicted octanol–water partition coefficient (Wildman–Crippen LogP) is 8.87. The van der Waals surface area contributed by atoms with Crippen molar-refractivity contribution in [1.29, 1.82) is 0 Å². The molecule has 4 aliphatic rings. The fourth-order valence-corrected chi connectivity index (χ4v) is 9.52. The Morgan fingerprint density at radius 3 is 2.25 bits per heavy atom. The summed E-state index contributed by atoms with van der Waals surface area (Å²) < 4.78 is 0. The Morgan fingerprint density at radius 2 is 1.59 bits per heavy atom. The predicted molar refractivity (Wildman–Crippen MR) is 137 cm³/mol. The Morgan fingerprint density at radius 1 is 0.906 bits per heavy atom. The van der Waals surface area contributed by atoms with Crippen LogP contribution in [0.25, 0.3) is 0 Å². The second kappa shape index (κ2) is 8.00. The van der Waals surface area contributed by atoms with Crippen LogP contribution in [0.3, 0.4) is 0 Å². The summed E-state index contributed by atoms with van der Waals surface area (Å²) in [6, 6.07) is 0. The Labute approximate surface area is 199 Å². The molecule has 0 spiro atoms. The molecule has 7 atom stereocenters. The van der Waals surface area contributed by atoms with Gasteiger partial charge in [-0.05, 0) is 124 Å². The van der Waals surface area contributed by atoms with Crippen molar-refractivity contribution in [2.75, 3.05) is 0 Å². The van der Waals surface area contributed by atoms with E-state index in [2.05, 4.69) is 62.3 Å². The molecule has 0 aromatic rings. The minimum Gasteiger partial charge on any atom is -0.393 e. The number of aliphatic hydroxyl groups is 1. The highest BCUT2D eigenvalue weighted by Crippen LogP contribution is 2.72. The Kier molecular flexibility index (Phi) is 6.14. The van der Waals surface area contributed by atoms with Gasteiger partial charge in [0.05, 0.1) is 6.10 Å². The summed E-state index contributed by atoms with van der Waals surface area (Å²) in [5, 5.41) is 10.8. The van der Waals surface area contributed by atoms with Gasteiger partial charge in [-0.2, -0.15) is 0 Å². The lowest BCUT2D eigenvalue weighted by Crippen LogP contribution is -2.55. The summed E-state index contributed by atoms with van der Waals surface area (Å²) in [7, 11) is 0. The van der Waals surface area contributed by atoms with Crippen molar-refractivity contribution in [2.24, 2.45) is 39.4 Å². The van der Waals surface area contributed by atoms with E-state index in [0.29, 0.717) is 22.2 Å². The average molecular weight is 441 g/mol. The smallest absolute Gasteiger partial charge is 0.0594 e. The highest BCUT2D eigenvalue weighted by molar-refractivity contribution is 5.38. The van der Waals surface area contributed by atoms with Crippen LogP contribution >= 0.6 is 0 Å². The van der Waals surface area contributed by atoms with E-state index in [1.54, 1.807) is 5.57 Å². The second-order valence-electron chi connectivity index (χ2n) is 14.0. The third kappa shape index (κ3) is 3.34. The largest absolute Gasteiger partial charge is 0.393 e. The Hall–Kier alpha value is -0.560. The van der Waals surface area contributed by atoms with Gasteiger partial charge in [0.2, 0.25) is 0 Å². The molecule has 0 unspecified atom stereocenters. The van der Waals surface area contributed by atoms with Crippen molar-refractivity contribution in [2.45, 2.75) is 133 Å². The van der Waals surface area contributed by atoms with Gasteiger partial charge in [0, 0.05) is 0 Å². The van der Waals surface area contributed by atoms with Gasteiger partial charge in [-0.25, -0.2) is 0 Å². The molecular formula is C31H52O. The number of hydrogen-bond acceptors (Lipinski definition) is 1. The van der Waals surface area contributed by atoms with Crippen molar-refractivity contribution in [3.63, 3.8) is 0 Å². The molecule has 1 N–H and O–H groups in total. The van der Waals surface area contributed by atoms with Crippen molar-refractivity contribution in [1.82, 2.24) is 0 Å². The first-order chi connectivity index (χ1) is 14.8. The Balaban J connectivity index is 1.64. The molecule has 0 aromatic heterocycles. The number of aliphatic hydroxyl groups excluding tert-OH is 1. The summed E-state index contributed by atoms with van der Waals surface area (Å²) in [4.78, 5) is 0. The lowest BCUT2D eigenvalue weighted by atomic mass is 9.43. The van der Waals surface area contributed by atoms with E-state index >= 15 is 0 Å². The van der Waals surface area contributed by atoms with E-state index in [4.69, 9.17) is 0 Å². The van der Waals surface area contributed by atoms with E-state index in [1.165, 1.54) is 63.4 Å². The van der Waals surface area contributed by atoms with Crippen molar-refractivity contribution < 1.29 is 5.11 Å². The maximum Gasteiger partial charge on any atom is 0.0594 e. The maximum absolute atomic E-state index is 10.8. The first kappa shape index (κ1) is 24.6. The lowest BCUT2D eigenvalue weighted by Gasteiger charge is -2.62. The van der Waals surface area contributed by atoms with Crippen LogP contribution in [0.2, 0.25) is 0 Å². The molecule has 2 saturated carbocycles. The van der Waals surface area contributed by atoms with Crippen LogP contribution in [0, 0.1) is 39.4 Å². The normalized spacial score (nSPS) is 43.9. The number of hydrogen-bond donors (Lipinski definition) is 1. The first-order valence-corrected chi connectivity index (χ1v) is 13.8. The average Bonchev–Trinajstić information content (AvgIpc) is 3.00. The zero-order chi connectivity index (χ0) is 23.7. The summed E-state index contributed by atoms with van der Waals surface area (Å²) in [5.74, 6) is 2.31. The van der Waals surface area contributed by atoms with Crippen LogP contribution in [0.15, 0.2) is 22.3 Å². The van der Waals surface area contributed by atoms with Crippen molar-refractivity contribution in [3.8, 4) is 0 Å². The fourth-order valence-electron chi connectivity index (χ4n) is 9.52. The first-order valence-electron chi connectivity index (χ1n) is 13.8. The summed E-state index contributed by atoms with van der Waals surface area (Å²) in [5.41, 5.74) is 8.04. The lowest BCUT2D eigenvalue weighted by molar-refractivity contribution is -0.0962. The van der Waals surface area contributed by atoms with Gasteiger partial charge in [-0.3, -0.25) is 0 Å². The summed E-state index contributed by atoms with van der Waals surface area (Å²) in [6.45, 7) is 22.1. The summed E-state index contributed by atoms with van der Waals surface area (Å²) >= 11 is 0. The SMILES string of the molecule is CC(C)=C(C)CC[C@H](C)[C@@H]1CC[C@]2(C)C3=C(CC[C@@]12C)[C@@]1(C)CC[C@H](O)C(C)(C)[C@@H]1CC3. The molecule has 0 amide bonds. The van der Waals surface area contributed by atoms with Crippen LogP contribution < -0.4 is 0 Å². The summed E-state index contributed by atoms with van der Waals surface area (Å²) in [6.07, 6.45) is 12.7. The van der Waals surface area contributed by atoms with E-state index in [-0.39, 0.29) is 11.5 Å². The molecule has 4 aliphatic carbocycles. The van der Waals surface area contributed by atoms with Crippen molar-refractivity contribution in [3.05, 3.63) is 22.3 Å². The van der Waals surface area contributed by atoms with Crippen LogP contribution in [0.1, 0.15) is 127 Å². The minimum absolute atomic E-state index is 0.0443. The van der Waals surface area contributed by atoms with Gasteiger partial charge in [-0.15, -0.1) is 0 Å². The molecule has 2 fully saturated rings. The van der Waals surface area contributed by atoms with Crippen molar-refractivity contribution >= 4 is 0 Å². The maximum atomic E-state index is 10.8. The molecule has 0 radical (unpaired) electrons. The topological polar surface area (TPSA) is 20.2 Å². The number of fused-ring (bicyclic) bond motifs is 4. The molecule has 4 rings (SSSR count). The van der Waals surface area contributed by atoms with E-state index < -0.39 is 0 Å². The van der Waals surface area contributed by atoms with Gasteiger partial charge in [0.25, 0.3) is 0 Å².